The fraction of sp³-hybridized carbons (Fsp3) is 0.0909. The van der Waals surface area contributed by atoms with E-state index in [1.165, 1.54) is 0 Å². The molecule has 0 fully saturated rings. The Morgan fingerprint density at radius 1 is 1.24 bits per heavy atom. The Morgan fingerprint density at radius 2 is 2.00 bits per heavy atom. The first-order valence-corrected chi connectivity index (χ1v) is 6.01. The van der Waals surface area contributed by atoms with Gasteiger partial charge in [-0.2, -0.15) is 5.10 Å². The minimum atomic E-state index is -0.297. The smallest absolute Gasteiger partial charge is 0.268 e. The molecule has 0 aliphatic carbocycles. The van der Waals surface area contributed by atoms with Crippen LogP contribution >= 0.6 is 34.8 Å². The summed E-state index contributed by atoms with van der Waals surface area (Å²) < 4.78 is 0. The van der Waals surface area contributed by atoms with Gasteiger partial charge in [0, 0.05) is 16.1 Å². The van der Waals surface area contributed by atoms with Crippen LogP contribution in [0.15, 0.2) is 29.1 Å². The van der Waals surface area contributed by atoms with Crippen LogP contribution in [0.4, 0.5) is 0 Å². The average Bonchev–Trinajstić information content (AvgIpc) is 2.30. The molecule has 1 aromatic heterocycles. The molecule has 0 radical (unpaired) electrons. The molecule has 0 amide bonds. The predicted molar refractivity (Wildman–Crippen MR) is 69.9 cm³/mol. The highest BCUT2D eigenvalue weighted by Gasteiger charge is 2.08. The van der Waals surface area contributed by atoms with Crippen molar-refractivity contribution in [2.75, 3.05) is 0 Å². The van der Waals surface area contributed by atoms with E-state index in [0.717, 1.165) is 0 Å². The van der Waals surface area contributed by atoms with E-state index < -0.39 is 0 Å². The molecule has 0 bridgehead atoms. The molecule has 2 rings (SSSR count). The van der Waals surface area contributed by atoms with Gasteiger partial charge in [0.1, 0.15) is 0 Å². The standard InChI is InChI=1S/C11H7Cl3N2O/c12-5-6-3-10(15-16-11(6)17)8-2-1-7(13)4-9(8)14/h1-4H,5H2,(H,16,17). The third-order valence-corrected chi connectivity index (χ3v) is 3.07. The van der Waals surface area contributed by atoms with E-state index >= 15 is 0 Å². The molecule has 0 atom stereocenters. The Labute approximate surface area is 112 Å². The highest BCUT2D eigenvalue weighted by atomic mass is 35.5. The van der Waals surface area contributed by atoms with Crippen LogP contribution in [0, 0.1) is 0 Å². The third kappa shape index (κ3) is 2.63. The summed E-state index contributed by atoms with van der Waals surface area (Å²) in [6, 6.07) is 6.67. The van der Waals surface area contributed by atoms with Crippen molar-refractivity contribution < 1.29 is 0 Å². The fourth-order valence-corrected chi connectivity index (χ4v) is 2.08. The molecule has 0 unspecified atom stereocenters. The Hall–Kier alpha value is -1.03. The first-order valence-electron chi connectivity index (χ1n) is 4.72. The Kier molecular flexibility index (Phi) is 3.72. The van der Waals surface area contributed by atoms with E-state index in [4.69, 9.17) is 34.8 Å². The molecule has 1 heterocycles. The molecule has 1 aromatic carbocycles. The normalized spacial score (nSPS) is 10.5. The van der Waals surface area contributed by atoms with Crippen LogP contribution in [0.3, 0.4) is 0 Å². The van der Waals surface area contributed by atoms with Gasteiger partial charge in [0.15, 0.2) is 0 Å². The lowest BCUT2D eigenvalue weighted by Gasteiger charge is -2.04. The Balaban J connectivity index is 2.57. The summed E-state index contributed by atoms with van der Waals surface area (Å²) in [6.45, 7) is 0. The zero-order chi connectivity index (χ0) is 12.4. The highest BCUT2D eigenvalue weighted by Crippen LogP contribution is 2.28. The summed E-state index contributed by atoms with van der Waals surface area (Å²) >= 11 is 17.5. The lowest BCUT2D eigenvalue weighted by atomic mass is 10.1. The number of nitrogens with zero attached hydrogens (tertiary/aromatic N) is 1. The van der Waals surface area contributed by atoms with E-state index in [1.54, 1.807) is 24.3 Å². The number of halogens is 3. The van der Waals surface area contributed by atoms with Crippen LogP contribution < -0.4 is 5.56 Å². The summed E-state index contributed by atoms with van der Waals surface area (Å²) in [5.74, 6) is 0.121. The first-order chi connectivity index (χ1) is 8.11. The quantitative estimate of drug-likeness (QED) is 0.860. The maximum atomic E-state index is 11.3. The molecule has 6 heteroatoms. The highest BCUT2D eigenvalue weighted by molar-refractivity contribution is 6.36. The molecule has 0 saturated carbocycles. The van der Waals surface area contributed by atoms with Crippen molar-refractivity contribution >= 4 is 34.8 Å². The van der Waals surface area contributed by atoms with Crippen LogP contribution in [-0.4, -0.2) is 10.2 Å². The second-order valence-electron chi connectivity index (χ2n) is 3.37. The predicted octanol–water partition coefficient (Wildman–Crippen LogP) is 3.48. The fourth-order valence-electron chi connectivity index (χ4n) is 1.38. The minimum Gasteiger partial charge on any atom is -0.268 e. The second kappa shape index (κ2) is 5.08. The van der Waals surface area contributed by atoms with Gasteiger partial charge in [-0.1, -0.05) is 23.2 Å². The Bertz CT molecular complexity index is 610. The number of hydrogen-bond acceptors (Lipinski definition) is 2. The largest absolute Gasteiger partial charge is 0.268 e. The lowest BCUT2D eigenvalue weighted by Crippen LogP contribution is -2.13. The van der Waals surface area contributed by atoms with E-state index in [1.807, 2.05) is 0 Å². The van der Waals surface area contributed by atoms with Crippen LogP contribution in [0.25, 0.3) is 11.3 Å². The zero-order valence-electron chi connectivity index (χ0n) is 8.51. The molecular formula is C11H7Cl3N2O. The molecule has 0 aliphatic rings. The van der Waals surface area contributed by atoms with Crippen LogP contribution in [0.5, 0.6) is 0 Å². The van der Waals surface area contributed by atoms with Crippen molar-refractivity contribution in [1.29, 1.82) is 0 Å². The Morgan fingerprint density at radius 3 is 2.65 bits per heavy atom. The molecule has 0 saturated heterocycles. The molecule has 1 N–H and O–H groups in total. The van der Waals surface area contributed by atoms with Gasteiger partial charge < -0.3 is 0 Å². The number of nitrogens with one attached hydrogen (secondary N) is 1. The summed E-state index contributed by atoms with van der Waals surface area (Å²) in [6.07, 6.45) is 0. The van der Waals surface area contributed by atoms with E-state index in [2.05, 4.69) is 10.2 Å². The summed E-state index contributed by atoms with van der Waals surface area (Å²) in [5, 5.41) is 7.31. The van der Waals surface area contributed by atoms with E-state index in [9.17, 15) is 4.79 Å². The van der Waals surface area contributed by atoms with Crippen molar-refractivity contribution in [3.8, 4) is 11.3 Å². The van der Waals surface area contributed by atoms with Crippen molar-refractivity contribution in [1.82, 2.24) is 10.2 Å². The van der Waals surface area contributed by atoms with Crippen LogP contribution in [-0.2, 0) is 5.88 Å². The maximum Gasteiger partial charge on any atom is 0.268 e. The van der Waals surface area contributed by atoms with Crippen molar-refractivity contribution in [3.63, 3.8) is 0 Å². The van der Waals surface area contributed by atoms with E-state index in [-0.39, 0.29) is 11.4 Å². The number of aromatic amines is 1. The summed E-state index contributed by atoms with van der Waals surface area (Å²) in [4.78, 5) is 11.3. The van der Waals surface area contributed by atoms with Crippen molar-refractivity contribution in [2.45, 2.75) is 5.88 Å². The summed E-state index contributed by atoms with van der Waals surface area (Å²) in [7, 11) is 0. The number of alkyl halides is 1. The third-order valence-electron chi connectivity index (χ3n) is 2.23. The molecule has 3 nitrogen and oxygen atoms in total. The SMILES string of the molecule is O=c1[nH]nc(-c2ccc(Cl)cc2Cl)cc1CCl. The van der Waals surface area contributed by atoms with Gasteiger partial charge in [-0.25, -0.2) is 5.10 Å². The minimum absolute atomic E-state index is 0.121. The van der Waals surface area contributed by atoms with Gasteiger partial charge in [-0.15, -0.1) is 11.6 Å². The number of rotatable bonds is 2. The molecule has 0 spiro atoms. The van der Waals surface area contributed by atoms with Crippen molar-refractivity contribution in [3.05, 3.63) is 50.2 Å². The zero-order valence-corrected chi connectivity index (χ0v) is 10.8. The van der Waals surface area contributed by atoms with Gasteiger partial charge in [0.25, 0.3) is 5.56 Å². The molecule has 17 heavy (non-hydrogen) atoms. The number of H-pyrrole nitrogens is 1. The number of benzene rings is 1. The topological polar surface area (TPSA) is 45.8 Å². The number of hydrogen-bond donors (Lipinski definition) is 1. The van der Waals surface area contributed by atoms with Crippen LogP contribution in [0.1, 0.15) is 5.56 Å². The van der Waals surface area contributed by atoms with E-state index in [0.29, 0.717) is 26.9 Å². The maximum absolute atomic E-state index is 11.3. The van der Waals surface area contributed by atoms with Gasteiger partial charge in [-0.3, -0.25) is 4.79 Å². The lowest BCUT2D eigenvalue weighted by molar-refractivity contribution is 0.971. The molecule has 0 aliphatic heterocycles. The monoisotopic (exact) mass is 288 g/mol. The van der Waals surface area contributed by atoms with Gasteiger partial charge in [0.2, 0.25) is 0 Å². The molecular weight excluding hydrogens is 282 g/mol. The summed E-state index contributed by atoms with van der Waals surface area (Å²) in [5.41, 5.74) is 1.40. The van der Waals surface area contributed by atoms with Gasteiger partial charge in [0.05, 0.1) is 16.6 Å². The molecule has 2 aromatic rings. The van der Waals surface area contributed by atoms with Crippen LogP contribution in [0.2, 0.25) is 10.0 Å². The second-order valence-corrected chi connectivity index (χ2v) is 4.48. The number of aromatic nitrogens is 2. The van der Waals surface area contributed by atoms with Gasteiger partial charge in [-0.05, 0) is 24.3 Å². The average molecular weight is 290 g/mol. The van der Waals surface area contributed by atoms with Gasteiger partial charge >= 0.3 is 0 Å². The van der Waals surface area contributed by atoms with Crippen molar-refractivity contribution in [2.24, 2.45) is 0 Å². The first kappa shape index (κ1) is 12.4. The molecule has 88 valence electrons.